The molecule has 1 saturated heterocycles. The molecular weight excluding hydrogens is 240 g/mol. The third-order valence-corrected chi connectivity index (χ3v) is 3.21. The normalized spacial score (nSPS) is 20.3. The highest BCUT2D eigenvalue weighted by atomic mass is 16.5. The zero-order valence-electron chi connectivity index (χ0n) is 12.1. The van der Waals surface area contributed by atoms with Gasteiger partial charge in [-0.1, -0.05) is 20.8 Å². The second-order valence-electron chi connectivity index (χ2n) is 5.97. The molecule has 0 spiro atoms. The Labute approximate surface area is 115 Å². The van der Waals surface area contributed by atoms with E-state index in [0.29, 0.717) is 6.10 Å². The fraction of sp³-hybridized carbons (Fsp3) is 0.714. The van der Waals surface area contributed by atoms with Crippen LogP contribution in [0.3, 0.4) is 0 Å². The van der Waals surface area contributed by atoms with Gasteiger partial charge in [0.25, 0.3) is 0 Å². The van der Waals surface area contributed by atoms with Crippen LogP contribution in [0.2, 0.25) is 0 Å². The summed E-state index contributed by atoms with van der Waals surface area (Å²) in [5.74, 6) is 0.830. The van der Waals surface area contributed by atoms with Crippen LogP contribution >= 0.6 is 0 Å². The smallest absolute Gasteiger partial charge is 0.148 e. The molecule has 5 nitrogen and oxygen atoms in total. The molecule has 0 aromatic carbocycles. The number of nitrogens with one attached hydrogen (secondary N) is 2. The van der Waals surface area contributed by atoms with E-state index in [1.807, 2.05) is 12.1 Å². The maximum absolute atomic E-state index is 5.64. The third kappa shape index (κ3) is 4.44. The van der Waals surface area contributed by atoms with Crippen LogP contribution < -0.4 is 10.6 Å². The monoisotopic (exact) mass is 264 g/mol. The van der Waals surface area contributed by atoms with Gasteiger partial charge in [0.2, 0.25) is 0 Å². The van der Waals surface area contributed by atoms with Crippen LogP contribution in [0.15, 0.2) is 12.1 Å². The molecule has 1 atom stereocenters. The molecule has 106 valence electrons. The number of anilines is 1. The lowest BCUT2D eigenvalue weighted by molar-refractivity contribution is 0.0258. The highest BCUT2D eigenvalue weighted by Crippen LogP contribution is 2.19. The quantitative estimate of drug-likeness (QED) is 0.864. The van der Waals surface area contributed by atoms with Gasteiger partial charge in [-0.15, -0.1) is 5.10 Å². The van der Waals surface area contributed by atoms with Crippen LogP contribution in [0.1, 0.15) is 32.9 Å². The second kappa shape index (κ2) is 6.30. The second-order valence-corrected chi connectivity index (χ2v) is 5.97. The molecule has 5 heteroatoms. The van der Waals surface area contributed by atoms with Crippen LogP contribution in [0.25, 0.3) is 0 Å². The molecule has 0 radical (unpaired) electrons. The van der Waals surface area contributed by atoms with E-state index in [9.17, 15) is 0 Å². The standard InChI is InChI=1S/C14H24N4O/c1-14(2,3)12-4-5-13(18-17-12)16-7-6-11-10-15-8-9-19-11/h4-5,11,15H,6-10H2,1-3H3,(H,16,18). The van der Waals surface area contributed by atoms with Crippen molar-refractivity contribution in [1.82, 2.24) is 15.5 Å². The van der Waals surface area contributed by atoms with E-state index < -0.39 is 0 Å². The molecule has 0 bridgehead atoms. The Morgan fingerprint density at radius 3 is 2.79 bits per heavy atom. The minimum atomic E-state index is 0.0487. The lowest BCUT2D eigenvalue weighted by Crippen LogP contribution is -2.39. The molecule has 0 saturated carbocycles. The number of nitrogens with zero attached hydrogens (tertiary/aromatic N) is 2. The summed E-state index contributed by atoms with van der Waals surface area (Å²) in [5, 5.41) is 15.1. The summed E-state index contributed by atoms with van der Waals surface area (Å²) in [6, 6.07) is 4.03. The summed E-state index contributed by atoms with van der Waals surface area (Å²) in [6.45, 7) is 9.98. The fourth-order valence-electron chi connectivity index (χ4n) is 1.99. The number of hydrogen-bond acceptors (Lipinski definition) is 5. The molecule has 1 aliphatic rings. The van der Waals surface area contributed by atoms with Crippen molar-refractivity contribution in [3.8, 4) is 0 Å². The van der Waals surface area contributed by atoms with E-state index >= 15 is 0 Å². The van der Waals surface area contributed by atoms with Gasteiger partial charge in [-0.25, -0.2) is 0 Å². The third-order valence-electron chi connectivity index (χ3n) is 3.21. The van der Waals surface area contributed by atoms with Gasteiger partial charge >= 0.3 is 0 Å². The maximum atomic E-state index is 5.64. The zero-order chi connectivity index (χ0) is 13.7. The van der Waals surface area contributed by atoms with Crippen LogP contribution in [0.4, 0.5) is 5.82 Å². The van der Waals surface area contributed by atoms with E-state index in [2.05, 4.69) is 41.6 Å². The van der Waals surface area contributed by atoms with Crippen LogP contribution in [0, 0.1) is 0 Å². The minimum Gasteiger partial charge on any atom is -0.376 e. The average molecular weight is 264 g/mol. The molecule has 1 unspecified atom stereocenters. The Morgan fingerprint density at radius 1 is 1.37 bits per heavy atom. The van der Waals surface area contributed by atoms with E-state index in [1.165, 1.54) is 0 Å². The van der Waals surface area contributed by atoms with E-state index in [-0.39, 0.29) is 5.41 Å². The van der Waals surface area contributed by atoms with Gasteiger partial charge in [-0.2, -0.15) is 5.10 Å². The SMILES string of the molecule is CC(C)(C)c1ccc(NCCC2CNCCO2)nn1. The van der Waals surface area contributed by atoms with Crippen molar-refractivity contribution in [2.45, 2.75) is 38.7 Å². The van der Waals surface area contributed by atoms with Gasteiger partial charge in [0.15, 0.2) is 0 Å². The van der Waals surface area contributed by atoms with Gasteiger partial charge < -0.3 is 15.4 Å². The molecule has 2 rings (SSSR count). The fourth-order valence-corrected chi connectivity index (χ4v) is 1.99. The minimum absolute atomic E-state index is 0.0487. The molecule has 19 heavy (non-hydrogen) atoms. The lowest BCUT2D eigenvalue weighted by atomic mass is 9.92. The van der Waals surface area contributed by atoms with Gasteiger partial charge in [0.1, 0.15) is 5.82 Å². The summed E-state index contributed by atoms with van der Waals surface area (Å²) >= 11 is 0. The van der Waals surface area contributed by atoms with E-state index in [4.69, 9.17) is 4.74 Å². The largest absolute Gasteiger partial charge is 0.376 e. The summed E-state index contributed by atoms with van der Waals surface area (Å²) in [7, 11) is 0. The summed E-state index contributed by atoms with van der Waals surface area (Å²) in [5.41, 5.74) is 1.06. The molecule has 1 aromatic heterocycles. The zero-order valence-corrected chi connectivity index (χ0v) is 12.1. The van der Waals surface area contributed by atoms with E-state index in [1.54, 1.807) is 0 Å². The molecule has 0 aliphatic carbocycles. The van der Waals surface area contributed by atoms with Gasteiger partial charge in [-0.3, -0.25) is 0 Å². The van der Waals surface area contributed by atoms with Crippen LogP contribution in [-0.2, 0) is 10.2 Å². The highest BCUT2D eigenvalue weighted by Gasteiger charge is 2.16. The Hall–Kier alpha value is -1.20. The predicted molar refractivity (Wildman–Crippen MR) is 76.4 cm³/mol. The molecular formula is C14H24N4O. The van der Waals surface area contributed by atoms with Crippen molar-refractivity contribution in [1.29, 1.82) is 0 Å². The van der Waals surface area contributed by atoms with Crippen molar-refractivity contribution in [3.63, 3.8) is 0 Å². The Morgan fingerprint density at radius 2 is 2.21 bits per heavy atom. The first-order valence-electron chi connectivity index (χ1n) is 6.96. The molecule has 2 heterocycles. The molecule has 1 aromatic rings. The molecule has 2 N–H and O–H groups in total. The first-order valence-corrected chi connectivity index (χ1v) is 6.96. The number of rotatable bonds is 4. The Kier molecular flexibility index (Phi) is 4.71. The molecule has 0 amide bonds. The maximum Gasteiger partial charge on any atom is 0.148 e. The highest BCUT2D eigenvalue weighted by molar-refractivity contribution is 5.33. The van der Waals surface area contributed by atoms with E-state index in [0.717, 1.165) is 44.2 Å². The summed E-state index contributed by atoms with van der Waals surface area (Å²) in [6.07, 6.45) is 1.29. The summed E-state index contributed by atoms with van der Waals surface area (Å²) < 4.78 is 5.64. The molecule has 1 fully saturated rings. The number of aromatic nitrogens is 2. The van der Waals surface area contributed by atoms with Crippen LogP contribution in [0.5, 0.6) is 0 Å². The first-order chi connectivity index (χ1) is 9.05. The van der Waals surface area contributed by atoms with Crippen molar-refractivity contribution in [3.05, 3.63) is 17.8 Å². The Balaban J connectivity index is 1.76. The lowest BCUT2D eigenvalue weighted by Gasteiger charge is -2.23. The van der Waals surface area contributed by atoms with Crippen molar-refractivity contribution in [2.75, 3.05) is 31.6 Å². The average Bonchev–Trinajstić information content (AvgIpc) is 2.39. The number of morpholine rings is 1. The van der Waals surface area contributed by atoms with Crippen molar-refractivity contribution >= 4 is 5.82 Å². The number of hydrogen-bond donors (Lipinski definition) is 2. The van der Waals surface area contributed by atoms with Crippen molar-refractivity contribution < 1.29 is 4.74 Å². The van der Waals surface area contributed by atoms with Crippen molar-refractivity contribution in [2.24, 2.45) is 0 Å². The number of ether oxygens (including phenoxy) is 1. The predicted octanol–water partition coefficient (Wildman–Crippen LogP) is 1.56. The first kappa shape index (κ1) is 14.2. The van der Waals surface area contributed by atoms with Crippen LogP contribution in [-0.4, -0.2) is 42.5 Å². The van der Waals surface area contributed by atoms with Gasteiger partial charge in [0, 0.05) is 25.0 Å². The Bertz CT molecular complexity index is 379. The molecule has 1 aliphatic heterocycles. The van der Waals surface area contributed by atoms with Gasteiger partial charge in [0.05, 0.1) is 18.4 Å². The topological polar surface area (TPSA) is 59.1 Å². The van der Waals surface area contributed by atoms with Gasteiger partial charge in [-0.05, 0) is 18.6 Å². The summed E-state index contributed by atoms with van der Waals surface area (Å²) in [4.78, 5) is 0.